The summed E-state index contributed by atoms with van der Waals surface area (Å²) in [7, 11) is 2.15. The van der Waals surface area contributed by atoms with Crippen LogP contribution < -0.4 is 0 Å². The summed E-state index contributed by atoms with van der Waals surface area (Å²) in [6.45, 7) is 11.4. The summed E-state index contributed by atoms with van der Waals surface area (Å²) in [5, 5.41) is 0. The van der Waals surface area contributed by atoms with Crippen LogP contribution in [-0.4, -0.2) is 65.4 Å². The Morgan fingerprint density at radius 3 is 2.36 bits per heavy atom. The molecule has 1 aliphatic rings. The Bertz CT molecular complexity index is 192. The zero-order valence-corrected chi connectivity index (χ0v) is 11.1. The Hall–Kier alpha value is 0.373. The predicted molar refractivity (Wildman–Crippen MR) is 57.0 cm³/mol. The molecule has 14 heavy (non-hydrogen) atoms. The van der Waals surface area contributed by atoms with Crippen LogP contribution in [0.3, 0.4) is 0 Å². The van der Waals surface area contributed by atoms with Gasteiger partial charge < -0.3 is 0 Å². The summed E-state index contributed by atoms with van der Waals surface area (Å²) < 4.78 is 1.32. The Labute approximate surface area is 97.2 Å². The van der Waals surface area contributed by atoms with Crippen molar-refractivity contribution in [3.63, 3.8) is 0 Å². The number of nitrogens with zero attached hydrogens (tertiary/aromatic N) is 3. The van der Waals surface area contributed by atoms with E-state index in [2.05, 4.69) is 53.4 Å². The van der Waals surface area contributed by atoms with E-state index in [1.54, 1.807) is 0 Å². The molecule has 0 unspecified atom stereocenters. The van der Waals surface area contributed by atoms with Gasteiger partial charge in [0, 0.05) is 0 Å². The topological polar surface area (TPSA) is 9.72 Å². The van der Waals surface area contributed by atoms with Gasteiger partial charge in [0.25, 0.3) is 0 Å². The van der Waals surface area contributed by atoms with Crippen LogP contribution in [0.1, 0.15) is 13.8 Å². The van der Waals surface area contributed by atoms with E-state index in [4.69, 9.17) is 0 Å². The van der Waals surface area contributed by atoms with Crippen LogP contribution in [0.5, 0.6) is 0 Å². The summed E-state index contributed by atoms with van der Waals surface area (Å²) in [5.41, 5.74) is 0. The molecular formula is C10H21N3Rh. The first-order valence-electron chi connectivity index (χ1n) is 5.37. The molecule has 0 N–H and O–H groups in total. The van der Waals surface area contributed by atoms with E-state index >= 15 is 0 Å². The van der Waals surface area contributed by atoms with Gasteiger partial charge in [-0.15, -0.1) is 0 Å². The van der Waals surface area contributed by atoms with Gasteiger partial charge in [0.1, 0.15) is 0 Å². The molecule has 85 valence electrons. The standard InChI is InChI=1S/C10H21N3.Rh/c1-4-12(5-2)8-9-13-7-6-11(3)10-13;/h4-9H2,1-3H3;. The molecule has 4 heteroatoms. The Kier molecular flexibility index (Phi) is 5.39. The van der Waals surface area contributed by atoms with Crippen LogP contribution in [0.4, 0.5) is 0 Å². The molecule has 0 aromatic heterocycles. The van der Waals surface area contributed by atoms with E-state index in [-0.39, 0.29) is 0 Å². The first-order valence-corrected chi connectivity index (χ1v) is 6.19. The van der Waals surface area contributed by atoms with Crippen molar-refractivity contribution in [3.05, 3.63) is 0 Å². The number of likely N-dealkylation sites (N-methyl/N-ethyl adjacent to an activating group) is 2. The second kappa shape index (κ2) is 6.07. The molecule has 3 nitrogen and oxygen atoms in total. The van der Waals surface area contributed by atoms with Crippen LogP contribution >= 0.6 is 0 Å². The van der Waals surface area contributed by atoms with E-state index in [1.165, 1.54) is 17.4 Å². The third-order valence-corrected chi connectivity index (χ3v) is 3.97. The molecule has 0 radical (unpaired) electrons. The van der Waals surface area contributed by atoms with Gasteiger partial charge in [-0.05, 0) is 0 Å². The van der Waals surface area contributed by atoms with Crippen LogP contribution in [0.2, 0.25) is 0 Å². The van der Waals surface area contributed by atoms with Gasteiger partial charge in [0.15, 0.2) is 0 Å². The summed E-state index contributed by atoms with van der Waals surface area (Å²) in [4.78, 5) is 7.19. The molecule has 1 fully saturated rings. The summed E-state index contributed by atoms with van der Waals surface area (Å²) >= 11 is 3.04. The third-order valence-electron chi connectivity index (χ3n) is 2.83. The SMILES string of the molecule is CCN(CC)CCN1CCN(C)[C]1=[Rh]. The van der Waals surface area contributed by atoms with Crippen LogP contribution in [0.25, 0.3) is 0 Å². The fourth-order valence-electron chi connectivity index (χ4n) is 1.69. The Morgan fingerprint density at radius 2 is 1.93 bits per heavy atom. The van der Waals surface area contributed by atoms with Gasteiger partial charge in [-0.3, -0.25) is 0 Å². The first kappa shape index (κ1) is 12.4. The van der Waals surface area contributed by atoms with Gasteiger partial charge in [-0.1, -0.05) is 0 Å². The molecule has 0 aromatic carbocycles. The average Bonchev–Trinajstić information content (AvgIpc) is 2.51. The minimum absolute atomic E-state index is 1.15. The zero-order valence-electron chi connectivity index (χ0n) is 9.42. The molecule has 1 aliphatic heterocycles. The quantitative estimate of drug-likeness (QED) is 0.669. The van der Waals surface area contributed by atoms with Crippen molar-refractivity contribution in [2.24, 2.45) is 0 Å². The maximum atomic E-state index is 3.04. The molecule has 0 saturated carbocycles. The monoisotopic (exact) mass is 286 g/mol. The molecule has 1 heterocycles. The molecule has 1 rings (SSSR count). The predicted octanol–water partition coefficient (Wildman–Crippen LogP) is 0.210. The van der Waals surface area contributed by atoms with Crippen molar-refractivity contribution >= 4 is 4.35 Å². The molecule has 1 saturated heterocycles. The molecule has 0 bridgehead atoms. The number of hydrogen-bond donors (Lipinski definition) is 0. The molecule has 0 amide bonds. The zero-order chi connectivity index (χ0) is 10.6. The van der Waals surface area contributed by atoms with Crippen molar-refractivity contribution in [3.8, 4) is 0 Å². The third kappa shape index (κ3) is 3.20. The number of rotatable bonds is 5. The van der Waals surface area contributed by atoms with Gasteiger partial charge in [-0.2, -0.15) is 0 Å². The van der Waals surface area contributed by atoms with Crippen LogP contribution in [0.15, 0.2) is 0 Å². The second-order valence-corrected chi connectivity index (χ2v) is 4.42. The fourth-order valence-corrected chi connectivity index (χ4v) is 2.24. The van der Waals surface area contributed by atoms with E-state index in [9.17, 15) is 0 Å². The van der Waals surface area contributed by atoms with Gasteiger partial charge in [0.2, 0.25) is 0 Å². The van der Waals surface area contributed by atoms with Crippen molar-refractivity contribution in [2.75, 3.05) is 46.3 Å². The van der Waals surface area contributed by atoms with Crippen molar-refractivity contribution in [1.82, 2.24) is 14.7 Å². The van der Waals surface area contributed by atoms with E-state index in [0.717, 1.165) is 26.2 Å². The molecule has 0 aromatic rings. The van der Waals surface area contributed by atoms with Crippen molar-refractivity contribution in [2.45, 2.75) is 13.8 Å². The average molecular weight is 286 g/mol. The van der Waals surface area contributed by atoms with Crippen molar-refractivity contribution in [1.29, 1.82) is 0 Å². The summed E-state index contributed by atoms with van der Waals surface area (Å²) in [6.07, 6.45) is 0. The Balaban J connectivity index is 2.28. The second-order valence-electron chi connectivity index (χ2n) is 3.68. The fraction of sp³-hybridized carbons (Fsp3) is 0.900. The van der Waals surface area contributed by atoms with E-state index in [1.807, 2.05) is 0 Å². The summed E-state index contributed by atoms with van der Waals surface area (Å²) in [6, 6.07) is 0. The van der Waals surface area contributed by atoms with Gasteiger partial charge in [-0.25, -0.2) is 0 Å². The van der Waals surface area contributed by atoms with Crippen molar-refractivity contribution < 1.29 is 17.9 Å². The molecule has 0 aliphatic carbocycles. The molecule has 0 spiro atoms. The first-order chi connectivity index (χ1) is 6.69. The minimum atomic E-state index is 1.15. The molecule has 0 atom stereocenters. The Morgan fingerprint density at radius 1 is 1.29 bits per heavy atom. The summed E-state index contributed by atoms with van der Waals surface area (Å²) in [5.74, 6) is 0. The number of hydrogen-bond acceptors (Lipinski definition) is 3. The van der Waals surface area contributed by atoms with E-state index < -0.39 is 0 Å². The van der Waals surface area contributed by atoms with Gasteiger partial charge in [0.05, 0.1) is 0 Å². The maximum absolute atomic E-state index is 3.04. The van der Waals surface area contributed by atoms with Crippen LogP contribution in [0, 0.1) is 0 Å². The van der Waals surface area contributed by atoms with Gasteiger partial charge >= 0.3 is 97.1 Å². The molecular weight excluding hydrogens is 265 g/mol. The van der Waals surface area contributed by atoms with Crippen LogP contribution in [-0.2, 0) is 17.9 Å². The normalized spacial score (nSPS) is 19.9. The van der Waals surface area contributed by atoms with E-state index in [0.29, 0.717) is 0 Å².